The summed E-state index contributed by atoms with van der Waals surface area (Å²) < 4.78 is 29.7. The molecule has 0 atom stereocenters. The van der Waals surface area contributed by atoms with Crippen molar-refractivity contribution >= 4 is 23.9 Å². The van der Waals surface area contributed by atoms with Crippen LogP contribution >= 0.6 is 0 Å². The van der Waals surface area contributed by atoms with Crippen LogP contribution in [-0.4, -0.2) is 55.7 Å². The lowest BCUT2D eigenvalue weighted by Crippen LogP contribution is -2.50. The van der Waals surface area contributed by atoms with Gasteiger partial charge in [-0.3, -0.25) is 4.79 Å². The Morgan fingerprint density at radius 2 is 1.82 bits per heavy atom. The van der Waals surface area contributed by atoms with E-state index in [4.69, 9.17) is 13.9 Å². The number of rotatable bonds is 7. The van der Waals surface area contributed by atoms with E-state index in [1.165, 1.54) is 12.1 Å². The number of halogens is 1. The number of hydrogen-bond acceptors (Lipinski definition) is 7. The topological polar surface area (TPSA) is 91.8 Å². The van der Waals surface area contributed by atoms with Crippen LogP contribution in [0.1, 0.15) is 17.1 Å². The third-order valence-electron chi connectivity index (χ3n) is 5.36. The van der Waals surface area contributed by atoms with E-state index < -0.39 is 0 Å². The van der Waals surface area contributed by atoms with Gasteiger partial charge < -0.3 is 23.7 Å². The van der Waals surface area contributed by atoms with Gasteiger partial charge in [-0.2, -0.15) is 10.2 Å². The zero-order valence-electron chi connectivity index (χ0n) is 18.6. The van der Waals surface area contributed by atoms with Crippen molar-refractivity contribution in [1.29, 1.82) is 5.26 Å². The minimum Gasteiger partial charge on any atom is -0.493 e. The minimum absolute atomic E-state index is 0.0928. The van der Waals surface area contributed by atoms with Gasteiger partial charge in [0.25, 0.3) is 5.91 Å². The van der Waals surface area contributed by atoms with E-state index in [0.29, 0.717) is 43.6 Å². The van der Waals surface area contributed by atoms with Crippen LogP contribution in [0.5, 0.6) is 11.5 Å². The predicted molar refractivity (Wildman–Crippen MR) is 124 cm³/mol. The molecule has 174 valence electrons. The molecule has 0 saturated carbocycles. The maximum atomic E-state index is 13.1. The van der Waals surface area contributed by atoms with Crippen LogP contribution in [0.4, 0.5) is 10.3 Å². The largest absolute Gasteiger partial charge is 0.493 e. The Morgan fingerprint density at radius 3 is 2.50 bits per heavy atom. The Morgan fingerprint density at radius 1 is 1.12 bits per heavy atom. The summed E-state index contributed by atoms with van der Waals surface area (Å²) in [7, 11) is 1.55. The molecule has 1 aromatic heterocycles. The van der Waals surface area contributed by atoms with Crippen LogP contribution in [0, 0.1) is 17.1 Å². The van der Waals surface area contributed by atoms with Crippen molar-refractivity contribution in [2.75, 3.05) is 44.8 Å². The van der Waals surface area contributed by atoms with Gasteiger partial charge in [0.2, 0.25) is 17.5 Å². The highest BCUT2D eigenvalue weighted by atomic mass is 19.1. The zero-order valence-corrected chi connectivity index (χ0v) is 18.6. The van der Waals surface area contributed by atoms with Gasteiger partial charge in [-0.1, -0.05) is 24.3 Å². The van der Waals surface area contributed by atoms with Crippen LogP contribution < -0.4 is 14.4 Å². The quantitative estimate of drug-likeness (QED) is 0.530. The highest BCUT2D eigenvalue weighted by Crippen LogP contribution is 2.26. The van der Waals surface area contributed by atoms with Gasteiger partial charge in [0.05, 0.1) is 7.11 Å². The molecular formula is C25H23FN4O4. The summed E-state index contributed by atoms with van der Waals surface area (Å²) in [6.45, 7) is 1.81. The molecule has 0 bridgehead atoms. The van der Waals surface area contributed by atoms with Crippen LogP contribution in [-0.2, 0) is 4.79 Å². The first kappa shape index (κ1) is 22.9. The standard InChI is InChI=1S/C25H23FN4O4/c1-32-21-4-2-3-5-22(21)33-17-24(31)29-12-14-30(15-13-29)25-20(16-27)28-23(34-25)11-8-18-6-9-19(26)10-7-18/h2-11H,12-15,17H2,1H3/b11-8+. The Labute approximate surface area is 196 Å². The van der Waals surface area contributed by atoms with E-state index >= 15 is 0 Å². The number of ether oxygens (including phenoxy) is 2. The molecule has 0 radical (unpaired) electrons. The summed E-state index contributed by atoms with van der Waals surface area (Å²) in [5, 5.41) is 9.48. The van der Waals surface area contributed by atoms with Crippen LogP contribution in [0.2, 0.25) is 0 Å². The number of oxazole rings is 1. The number of hydrogen-bond donors (Lipinski definition) is 0. The Balaban J connectivity index is 1.34. The number of amides is 1. The van der Waals surface area contributed by atoms with Gasteiger partial charge in [0, 0.05) is 32.3 Å². The average molecular weight is 462 g/mol. The number of carbonyl (C=O) groups excluding carboxylic acids is 1. The number of para-hydroxylation sites is 2. The SMILES string of the molecule is COc1ccccc1OCC(=O)N1CCN(c2oc(/C=C/c3ccc(F)cc3)nc2C#N)CC1. The van der Waals surface area contributed by atoms with Crippen LogP contribution in [0.3, 0.4) is 0 Å². The molecule has 1 aliphatic heterocycles. The van der Waals surface area contributed by atoms with E-state index in [1.54, 1.807) is 48.4 Å². The number of piperazine rings is 1. The Hall–Kier alpha value is -4.32. The van der Waals surface area contributed by atoms with Gasteiger partial charge in [0.1, 0.15) is 11.9 Å². The van der Waals surface area contributed by atoms with E-state index in [2.05, 4.69) is 11.1 Å². The highest BCUT2D eigenvalue weighted by Gasteiger charge is 2.26. The summed E-state index contributed by atoms with van der Waals surface area (Å²) in [5.74, 6) is 1.29. The van der Waals surface area contributed by atoms with Gasteiger partial charge in [-0.15, -0.1) is 0 Å². The number of anilines is 1. The lowest BCUT2D eigenvalue weighted by atomic mass is 10.2. The molecule has 0 aliphatic carbocycles. The zero-order chi connectivity index (χ0) is 23.9. The number of carbonyl (C=O) groups is 1. The summed E-state index contributed by atoms with van der Waals surface area (Å²) in [4.78, 5) is 20.4. The smallest absolute Gasteiger partial charge is 0.260 e. The first-order valence-corrected chi connectivity index (χ1v) is 10.7. The summed E-state index contributed by atoms with van der Waals surface area (Å²) in [6.07, 6.45) is 3.36. The van der Waals surface area contributed by atoms with Crippen LogP contribution in [0.25, 0.3) is 12.2 Å². The van der Waals surface area contributed by atoms with Crippen molar-refractivity contribution < 1.29 is 23.1 Å². The Kier molecular flexibility index (Phi) is 7.08. The second-order valence-electron chi connectivity index (χ2n) is 7.51. The second kappa shape index (κ2) is 10.5. The lowest BCUT2D eigenvalue weighted by molar-refractivity contribution is -0.133. The molecule has 1 amide bonds. The van der Waals surface area contributed by atoms with Crippen molar-refractivity contribution in [3.63, 3.8) is 0 Å². The fourth-order valence-electron chi connectivity index (χ4n) is 3.56. The van der Waals surface area contributed by atoms with Crippen molar-refractivity contribution in [3.8, 4) is 17.6 Å². The van der Waals surface area contributed by atoms with Crippen molar-refractivity contribution in [3.05, 3.63) is 71.5 Å². The minimum atomic E-state index is -0.314. The molecule has 0 unspecified atom stereocenters. The predicted octanol–water partition coefficient (Wildman–Crippen LogP) is 3.59. The van der Waals surface area contributed by atoms with E-state index in [0.717, 1.165) is 5.56 Å². The first-order valence-electron chi connectivity index (χ1n) is 10.7. The van der Waals surface area contributed by atoms with Crippen LogP contribution in [0.15, 0.2) is 52.9 Å². The molecular weight excluding hydrogens is 439 g/mol. The number of benzene rings is 2. The normalized spacial score (nSPS) is 13.7. The molecule has 1 aliphatic rings. The molecule has 2 heterocycles. The van der Waals surface area contributed by atoms with Gasteiger partial charge >= 0.3 is 0 Å². The average Bonchev–Trinajstić information content (AvgIpc) is 3.30. The number of aromatic nitrogens is 1. The number of nitriles is 1. The maximum absolute atomic E-state index is 13.1. The lowest BCUT2D eigenvalue weighted by Gasteiger charge is -2.34. The monoisotopic (exact) mass is 462 g/mol. The van der Waals surface area contributed by atoms with Gasteiger partial charge in [-0.05, 0) is 35.9 Å². The number of methoxy groups -OCH3 is 1. The molecule has 1 fully saturated rings. The Bertz CT molecular complexity index is 1210. The maximum Gasteiger partial charge on any atom is 0.260 e. The molecule has 1 saturated heterocycles. The molecule has 8 nitrogen and oxygen atoms in total. The second-order valence-corrected chi connectivity index (χ2v) is 7.51. The van der Waals surface area contributed by atoms with Gasteiger partial charge in [-0.25, -0.2) is 4.39 Å². The summed E-state index contributed by atoms with van der Waals surface area (Å²) >= 11 is 0. The van der Waals surface area contributed by atoms with E-state index in [9.17, 15) is 14.4 Å². The third kappa shape index (κ3) is 5.35. The fourth-order valence-corrected chi connectivity index (χ4v) is 3.56. The highest BCUT2D eigenvalue weighted by molar-refractivity contribution is 5.78. The molecule has 3 aromatic rings. The van der Waals surface area contributed by atoms with E-state index in [1.807, 2.05) is 17.0 Å². The van der Waals surface area contributed by atoms with Crippen molar-refractivity contribution in [1.82, 2.24) is 9.88 Å². The summed E-state index contributed by atoms with van der Waals surface area (Å²) in [6, 6.07) is 15.2. The van der Waals surface area contributed by atoms with Crippen molar-refractivity contribution in [2.45, 2.75) is 0 Å². The first-order chi connectivity index (χ1) is 16.6. The molecule has 4 rings (SSSR count). The fraction of sp³-hybridized carbons (Fsp3) is 0.240. The number of nitrogens with zero attached hydrogens (tertiary/aromatic N) is 4. The summed E-state index contributed by atoms with van der Waals surface area (Å²) in [5.41, 5.74) is 0.958. The molecule has 2 aromatic carbocycles. The molecule has 0 spiro atoms. The van der Waals surface area contributed by atoms with Gasteiger partial charge in [0.15, 0.2) is 18.1 Å². The molecule has 0 N–H and O–H groups in total. The van der Waals surface area contributed by atoms with Crippen molar-refractivity contribution in [2.24, 2.45) is 0 Å². The third-order valence-corrected chi connectivity index (χ3v) is 5.36. The van der Waals surface area contributed by atoms with E-state index in [-0.39, 0.29) is 29.9 Å². The molecule has 9 heteroatoms. The molecule has 34 heavy (non-hydrogen) atoms.